The minimum Gasteiger partial charge on any atom is -0.493 e. The molecule has 166 valence electrons. The third-order valence-corrected chi connectivity index (χ3v) is 4.40. The third-order valence-electron chi connectivity index (χ3n) is 4.40. The lowest BCUT2D eigenvalue weighted by molar-refractivity contribution is 0.211. The fourth-order valence-electron chi connectivity index (χ4n) is 2.78. The molecule has 2 aromatic rings. The highest BCUT2D eigenvalue weighted by atomic mass is 127. The van der Waals surface area contributed by atoms with Gasteiger partial charge in [0.05, 0.1) is 13.2 Å². The van der Waals surface area contributed by atoms with Gasteiger partial charge in [0, 0.05) is 45.0 Å². The second-order valence-corrected chi connectivity index (χ2v) is 6.86. The molecule has 0 saturated heterocycles. The molecule has 6 nitrogen and oxygen atoms in total. The van der Waals surface area contributed by atoms with Gasteiger partial charge in [0.25, 0.3) is 0 Å². The second-order valence-electron chi connectivity index (χ2n) is 6.86. The maximum atomic E-state index is 5.89. The maximum absolute atomic E-state index is 5.89. The van der Waals surface area contributed by atoms with Crippen molar-refractivity contribution >= 4 is 35.6 Å². The summed E-state index contributed by atoms with van der Waals surface area (Å²) in [7, 11) is 3.48. The van der Waals surface area contributed by atoms with Crippen LogP contribution in [0.5, 0.6) is 5.75 Å². The molecule has 0 aliphatic heterocycles. The number of rotatable bonds is 11. The summed E-state index contributed by atoms with van der Waals surface area (Å²) in [6.07, 6.45) is 0.991. The van der Waals surface area contributed by atoms with Crippen LogP contribution in [0.2, 0.25) is 0 Å². The Labute approximate surface area is 197 Å². The van der Waals surface area contributed by atoms with Crippen molar-refractivity contribution in [2.45, 2.75) is 33.4 Å². The quantitative estimate of drug-likeness (QED) is 0.176. The molecule has 7 heteroatoms. The Bertz CT molecular complexity index is 766. The molecule has 0 atom stereocenters. The predicted molar refractivity (Wildman–Crippen MR) is 136 cm³/mol. The Balaban J connectivity index is 0.00000450. The van der Waals surface area contributed by atoms with Crippen molar-refractivity contribution < 1.29 is 9.47 Å². The summed E-state index contributed by atoms with van der Waals surface area (Å²) >= 11 is 0. The fourth-order valence-corrected chi connectivity index (χ4v) is 2.78. The van der Waals surface area contributed by atoms with Crippen LogP contribution < -0.4 is 20.7 Å². The zero-order chi connectivity index (χ0) is 20.9. The van der Waals surface area contributed by atoms with Crippen LogP contribution in [0.1, 0.15) is 30.0 Å². The molecule has 2 aromatic carbocycles. The van der Waals surface area contributed by atoms with Crippen LogP contribution >= 0.6 is 24.0 Å². The molecule has 0 unspecified atom stereocenters. The van der Waals surface area contributed by atoms with Crippen LogP contribution in [0.25, 0.3) is 0 Å². The molecule has 0 bridgehead atoms. The molecule has 0 aromatic heterocycles. The van der Waals surface area contributed by atoms with Crippen LogP contribution in [0.3, 0.4) is 0 Å². The molecular formula is C23H35IN4O2. The fraction of sp³-hybridized carbons (Fsp3) is 0.435. The molecule has 0 saturated carbocycles. The predicted octanol–water partition coefficient (Wildman–Crippen LogP) is 4.33. The molecule has 0 fully saturated rings. The van der Waals surface area contributed by atoms with Crippen LogP contribution in [0, 0.1) is 6.92 Å². The highest BCUT2D eigenvalue weighted by Crippen LogP contribution is 2.20. The van der Waals surface area contributed by atoms with Gasteiger partial charge in [0.15, 0.2) is 5.96 Å². The molecular weight excluding hydrogens is 491 g/mol. The lowest BCUT2D eigenvalue weighted by atomic mass is 10.1. The molecule has 0 radical (unpaired) electrons. The minimum absolute atomic E-state index is 0. The van der Waals surface area contributed by atoms with Gasteiger partial charge in [0.1, 0.15) is 5.75 Å². The van der Waals surface area contributed by atoms with Gasteiger partial charge in [-0.1, -0.05) is 31.2 Å². The lowest BCUT2D eigenvalue weighted by Gasteiger charge is -2.15. The number of methoxy groups -OCH3 is 1. The van der Waals surface area contributed by atoms with Crippen molar-refractivity contribution in [1.82, 2.24) is 10.6 Å². The number of anilines is 1. The summed E-state index contributed by atoms with van der Waals surface area (Å²) < 4.78 is 10.9. The summed E-state index contributed by atoms with van der Waals surface area (Å²) in [6.45, 7) is 7.76. The maximum Gasteiger partial charge on any atom is 0.191 e. The first-order chi connectivity index (χ1) is 14.2. The zero-order valence-corrected chi connectivity index (χ0v) is 20.8. The summed E-state index contributed by atoms with van der Waals surface area (Å²) in [6, 6.07) is 14.7. The van der Waals surface area contributed by atoms with Gasteiger partial charge in [-0.25, -0.2) is 0 Å². The van der Waals surface area contributed by atoms with E-state index in [0.717, 1.165) is 42.5 Å². The van der Waals surface area contributed by atoms with E-state index in [9.17, 15) is 0 Å². The van der Waals surface area contributed by atoms with Gasteiger partial charge in [-0.3, -0.25) is 4.99 Å². The number of ether oxygens (including phenoxy) is 2. The lowest BCUT2D eigenvalue weighted by Crippen LogP contribution is -2.36. The number of nitrogens with zero attached hydrogens (tertiary/aromatic N) is 1. The minimum atomic E-state index is 0. The monoisotopic (exact) mass is 526 g/mol. The first-order valence-corrected chi connectivity index (χ1v) is 10.1. The van der Waals surface area contributed by atoms with Gasteiger partial charge >= 0.3 is 0 Å². The molecule has 0 aliphatic carbocycles. The Morgan fingerprint density at radius 2 is 1.73 bits per heavy atom. The molecule has 2 rings (SSSR count). The molecule has 0 amide bonds. The van der Waals surface area contributed by atoms with E-state index in [-0.39, 0.29) is 24.0 Å². The standard InChI is InChI=1S/C23H34N4O2.HI/c1-5-13-29-22-15-18(2)6-9-20(22)17-27-23(24-3)26-16-19-7-10-21(11-8-19)25-12-14-28-4;/h6-11,15,25H,5,12-14,16-17H2,1-4H3,(H2,24,26,27);1H. The molecule has 3 N–H and O–H groups in total. The summed E-state index contributed by atoms with van der Waals surface area (Å²) in [5, 5.41) is 10.0. The normalized spacial score (nSPS) is 10.9. The first kappa shape index (κ1) is 26.0. The van der Waals surface area contributed by atoms with Crippen molar-refractivity contribution in [2.24, 2.45) is 4.99 Å². The van der Waals surface area contributed by atoms with E-state index in [1.807, 2.05) is 0 Å². The van der Waals surface area contributed by atoms with Gasteiger partial charge in [0.2, 0.25) is 0 Å². The van der Waals surface area contributed by atoms with E-state index < -0.39 is 0 Å². The van der Waals surface area contributed by atoms with Crippen molar-refractivity contribution in [3.05, 3.63) is 59.2 Å². The van der Waals surface area contributed by atoms with Crippen LogP contribution in [0.4, 0.5) is 5.69 Å². The average Bonchev–Trinajstić information content (AvgIpc) is 2.74. The van der Waals surface area contributed by atoms with Gasteiger partial charge in [-0.2, -0.15) is 0 Å². The smallest absolute Gasteiger partial charge is 0.191 e. The van der Waals surface area contributed by atoms with Crippen molar-refractivity contribution in [2.75, 3.05) is 39.2 Å². The van der Waals surface area contributed by atoms with Crippen molar-refractivity contribution in [1.29, 1.82) is 0 Å². The SMILES string of the molecule is CCCOc1cc(C)ccc1CNC(=NC)NCc1ccc(NCCOC)cc1.I. The van der Waals surface area contributed by atoms with Gasteiger partial charge in [-0.15, -0.1) is 24.0 Å². The molecule has 0 heterocycles. The number of hydrogen-bond donors (Lipinski definition) is 3. The third kappa shape index (κ3) is 9.21. The second kappa shape index (κ2) is 14.9. The summed E-state index contributed by atoms with van der Waals surface area (Å²) in [5.41, 5.74) is 4.60. The number of aliphatic imine (C=N–C) groups is 1. The topological polar surface area (TPSA) is 66.9 Å². The number of benzene rings is 2. The van der Waals surface area contributed by atoms with E-state index in [1.54, 1.807) is 14.2 Å². The number of hydrogen-bond acceptors (Lipinski definition) is 4. The largest absolute Gasteiger partial charge is 0.493 e. The Morgan fingerprint density at radius 1 is 1.00 bits per heavy atom. The molecule has 0 spiro atoms. The highest BCUT2D eigenvalue weighted by Gasteiger charge is 2.06. The Hall–Kier alpha value is -2.00. The van der Waals surface area contributed by atoms with Crippen LogP contribution in [-0.2, 0) is 17.8 Å². The number of aryl methyl sites for hydroxylation is 1. The highest BCUT2D eigenvalue weighted by molar-refractivity contribution is 14.0. The summed E-state index contributed by atoms with van der Waals surface area (Å²) in [5.74, 6) is 1.70. The summed E-state index contributed by atoms with van der Waals surface area (Å²) in [4.78, 5) is 4.32. The first-order valence-electron chi connectivity index (χ1n) is 10.1. The molecule has 0 aliphatic rings. The van der Waals surface area contributed by atoms with Crippen molar-refractivity contribution in [3.63, 3.8) is 0 Å². The average molecular weight is 526 g/mol. The van der Waals surface area contributed by atoms with Crippen molar-refractivity contribution in [3.8, 4) is 5.75 Å². The number of halogens is 1. The number of guanidine groups is 1. The zero-order valence-electron chi connectivity index (χ0n) is 18.5. The van der Waals surface area contributed by atoms with E-state index >= 15 is 0 Å². The van der Waals surface area contributed by atoms with Gasteiger partial charge < -0.3 is 25.4 Å². The number of nitrogens with one attached hydrogen (secondary N) is 3. The molecule has 30 heavy (non-hydrogen) atoms. The van der Waals surface area contributed by atoms with Crippen LogP contribution in [0.15, 0.2) is 47.5 Å². The Kier molecular flexibility index (Phi) is 12.9. The van der Waals surface area contributed by atoms with Gasteiger partial charge in [-0.05, 0) is 42.7 Å². The van der Waals surface area contributed by atoms with E-state index in [2.05, 4.69) is 77.3 Å². The van der Waals surface area contributed by atoms with E-state index in [4.69, 9.17) is 9.47 Å². The Morgan fingerprint density at radius 3 is 2.40 bits per heavy atom. The van der Waals surface area contributed by atoms with Crippen LogP contribution in [-0.4, -0.2) is 39.9 Å². The van der Waals surface area contributed by atoms with E-state index in [1.165, 1.54) is 11.1 Å². The van der Waals surface area contributed by atoms with E-state index in [0.29, 0.717) is 19.7 Å².